The number of thiophene rings is 1. The number of nitrogens with one attached hydrogen (secondary N) is 1. The number of hydrogen-bond acceptors (Lipinski definition) is 2. The van der Waals surface area contributed by atoms with Crippen LogP contribution in [0, 0.1) is 5.92 Å². The van der Waals surface area contributed by atoms with E-state index in [1.807, 2.05) is 6.07 Å². The third-order valence-corrected chi connectivity index (χ3v) is 6.69. The molecule has 1 fully saturated rings. The van der Waals surface area contributed by atoms with E-state index in [0.717, 1.165) is 32.4 Å². The molecule has 1 amide bonds. The van der Waals surface area contributed by atoms with Gasteiger partial charge in [-0.25, -0.2) is 0 Å². The summed E-state index contributed by atoms with van der Waals surface area (Å²) in [6.07, 6.45) is 3.31. The van der Waals surface area contributed by atoms with Crippen LogP contribution >= 0.6 is 54.8 Å². The molecule has 2 rings (SSSR count). The fraction of sp³-hybridized carbons (Fsp3) is 0.545. The van der Waals surface area contributed by atoms with Gasteiger partial charge in [-0.1, -0.05) is 6.42 Å². The Morgan fingerprint density at radius 3 is 2.88 bits per heavy atom. The number of carbonyl (C=O) groups excluding carboxylic acids is 1. The molecule has 94 valence electrons. The molecule has 0 aromatic carbocycles. The van der Waals surface area contributed by atoms with Gasteiger partial charge in [-0.2, -0.15) is 0 Å². The van der Waals surface area contributed by atoms with Gasteiger partial charge in [0.1, 0.15) is 0 Å². The van der Waals surface area contributed by atoms with E-state index < -0.39 is 0 Å². The lowest BCUT2D eigenvalue weighted by atomic mass is 10.1. The quantitative estimate of drug-likeness (QED) is 0.747. The summed E-state index contributed by atoms with van der Waals surface area (Å²) in [4.78, 5) is 12.8. The van der Waals surface area contributed by atoms with Gasteiger partial charge in [0.15, 0.2) is 0 Å². The Kier molecular flexibility index (Phi) is 4.92. The molecule has 17 heavy (non-hydrogen) atoms. The van der Waals surface area contributed by atoms with Crippen LogP contribution in [-0.4, -0.2) is 17.8 Å². The summed E-state index contributed by atoms with van der Waals surface area (Å²) in [5.74, 6) is 1.05. The molecular formula is C11H12Br2ClNOS. The second-order valence-corrected chi connectivity index (χ2v) is 7.69. The van der Waals surface area contributed by atoms with E-state index >= 15 is 0 Å². The Labute approximate surface area is 126 Å². The van der Waals surface area contributed by atoms with Gasteiger partial charge in [0.2, 0.25) is 0 Å². The zero-order chi connectivity index (χ0) is 12.4. The van der Waals surface area contributed by atoms with Gasteiger partial charge >= 0.3 is 0 Å². The number of alkyl halides is 1. The molecule has 1 heterocycles. The van der Waals surface area contributed by atoms with Crippen LogP contribution in [0.4, 0.5) is 0 Å². The predicted octanol–water partition coefficient (Wildman–Crippen LogP) is 4.41. The molecule has 1 N–H and O–H groups in total. The van der Waals surface area contributed by atoms with Crippen molar-refractivity contribution in [3.8, 4) is 0 Å². The second-order valence-electron chi connectivity index (χ2n) is 4.16. The van der Waals surface area contributed by atoms with Gasteiger partial charge in [-0.15, -0.1) is 22.9 Å². The highest BCUT2D eigenvalue weighted by Crippen LogP contribution is 2.33. The standard InChI is InChI=1S/C11H12Br2ClNOS/c12-7-4-9(17-10(7)13)11(16)15-8-3-1-2-6(8)5-14/h4,6,8H,1-3,5H2,(H,15,16). The van der Waals surface area contributed by atoms with Crippen molar-refractivity contribution in [3.63, 3.8) is 0 Å². The Hall–Kier alpha value is 0.420. The van der Waals surface area contributed by atoms with Crippen molar-refractivity contribution in [1.29, 1.82) is 0 Å². The smallest absolute Gasteiger partial charge is 0.261 e. The van der Waals surface area contributed by atoms with Gasteiger partial charge in [0.25, 0.3) is 5.91 Å². The summed E-state index contributed by atoms with van der Waals surface area (Å²) < 4.78 is 1.87. The lowest BCUT2D eigenvalue weighted by Crippen LogP contribution is -2.37. The zero-order valence-corrected chi connectivity index (χ0v) is 13.8. The molecule has 0 radical (unpaired) electrons. The number of amides is 1. The highest BCUT2D eigenvalue weighted by atomic mass is 79.9. The van der Waals surface area contributed by atoms with Crippen LogP contribution in [-0.2, 0) is 0 Å². The van der Waals surface area contributed by atoms with Crippen LogP contribution in [0.3, 0.4) is 0 Å². The highest BCUT2D eigenvalue weighted by molar-refractivity contribution is 9.13. The lowest BCUT2D eigenvalue weighted by Gasteiger charge is -2.18. The van der Waals surface area contributed by atoms with Crippen molar-refractivity contribution in [3.05, 3.63) is 19.2 Å². The maximum atomic E-state index is 12.0. The number of hydrogen-bond donors (Lipinski definition) is 1. The van der Waals surface area contributed by atoms with Gasteiger partial charge in [0.05, 0.1) is 8.66 Å². The van der Waals surface area contributed by atoms with Gasteiger partial charge < -0.3 is 5.32 Å². The van der Waals surface area contributed by atoms with Crippen molar-refractivity contribution in [1.82, 2.24) is 5.32 Å². The van der Waals surface area contributed by atoms with E-state index in [1.54, 1.807) is 0 Å². The Morgan fingerprint density at radius 2 is 2.29 bits per heavy atom. The second kappa shape index (κ2) is 6.04. The molecule has 2 atom stereocenters. The first-order chi connectivity index (χ1) is 8.11. The summed E-state index contributed by atoms with van der Waals surface area (Å²) in [5.41, 5.74) is 0. The molecule has 1 aromatic heterocycles. The fourth-order valence-electron chi connectivity index (χ4n) is 2.11. The van der Waals surface area contributed by atoms with Crippen LogP contribution < -0.4 is 5.32 Å². The van der Waals surface area contributed by atoms with Crippen molar-refractivity contribution in [2.45, 2.75) is 25.3 Å². The van der Waals surface area contributed by atoms with E-state index in [2.05, 4.69) is 37.2 Å². The Morgan fingerprint density at radius 1 is 1.53 bits per heavy atom. The molecule has 1 aliphatic carbocycles. The molecule has 6 heteroatoms. The summed E-state index contributed by atoms with van der Waals surface area (Å²) in [6, 6.07) is 2.08. The average molecular weight is 402 g/mol. The van der Waals surface area contributed by atoms with Crippen molar-refractivity contribution < 1.29 is 4.79 Å². The van der Waals surface area contributed by atoms with Crippen LogP contribution in [0.1, 0.15) is 28.9 Å². The fourth-order valence-corrected chi connectivity index (χ4v) is 4.42. The van der Waals surface area contributed by atoms with Crippen LogP contribution in [0.25, 0.3) is 0 Å². The molecule has 1 saturated carbocycles. The van der Waals surface area contributed by atoms with E-state index in [9.17, 15) is 4.79 Å². The molecule has 1 aliphatic rings. The SMILES string of the molecule is O=C(NC1CCCC1CCl)c1cc(Br)c(Br)s1. The first kappa shape index (κ1) is 13.8. The predicted molar refractivity (Wildman–Crippen MR) is 79.0 cm³/mol. The summed E-state index contributed by atoms with van der Waals surface area (Å²) in [7, 11) is 0. The molecule has 0 aliphatic heterocycles. The molecule has 1 aromatic rings. The summed E-state index contributed by atoms with van der Waals surface area (Å²) in [6.45, 7) is 0. The lowest BCUT2D eigenvalue weighted by molar-refractivity contribution is 0.0934. The summed E-state index contributed by atoms with van der Waals surface area (Å²) in [5, 5.41) is 3.08. The number of rotatable bonds is 3. The minimum absolute atomic E-state index is 0.00316. The normalized spacial score (nSPS) is 23.9. The molecule has 0 bridgehead atoms. The third kappa shape index (κ3) is 3.25. The van der Waals surface area contributed by atoms with E-state index in [-0.39, 0.29) is 11.9 Å². The zero-order valence-electron chi connectivity index (χ0n) is 9.01. The first-order valence-corrected chi connectivity index (χ1v) is 8.37. The number of halogens is 3. The van der Waals surface area contributed by atoms with E-state index in [0.29, 0.717) is 11.8 Å². The molecular weight excluding hydrogens is 389 g/mol. The topological polar surface area (TPSA) is 29.1 Å². The molecule has 0 saturated heterocycles. The van der Waals surface area contributed by atoms with Crippen molar-refractivity contribution >= 4 is 60.7 Å². The summed E-state index contributed by atoms with van der Waals surface area (Å²) >= 11 is 14.1. The van der Waals surface area contributed by atoms with Gasteiger partial charge in [0, 0.05) is 16.4 Å². The van der Waals surface area contributed by atoms with Crippen LogP contribution in [0.2, 0.25) is 0 Å². The molecule has 2 unspecified atom stereocenters. The highest BCUT2D eigenvalue weighted by Gasteiger charge is 2.28. The van der Waals surface area contributed by atoms with E-state index in [4.69, 9.17) is 11.6 Å². The first-order valence-electron chi connectivity index (χ1n) is 5.43. The van der Waals surface area contributed by atoms with E-state index in [1.165, 1.54) is 11.3 Å². The van der Waals surface area contributed by atoms with Gasteiger partial charge in [-0.05, 0) is 56.7 Å². The largest absolute Gasteiger partial charge is 0.348 e. The Balaban J connectivity index is 2.01. The monoisotopic (exact) mass is 399 g/mol. The third-order valence-electron chi connectivity index (χ3n) is 3.04. The number of carbonyl (C=O) groups is 1. The van der Waals surface area contributed by atoms with Gasteiger partial charge in [-0.3, -0.25) is 4.79 Å². The minimum Gasteiger partial charge on any atom is -0.348 e. The molecule has 0 spiro atoms. The van der Waals surface area contributed by atoms with Crippen molar-refractivity contribution in [2.75, 3.05) is 5.88 Å². The van der Waals surface area contributed by atoms with Crippen LogP contribution in [0.5, 0.6) is 0 Å². The maximum Gasteiger partial charge on any atom is 0.261 e. The van der Waals surface area contributed by atoms with Crippen LogP contribution in [0.15, 0.2) is 14.3 Å². The Bertz CT molecular complexity index is 404. The average Bonchev–Trinajstić information content (AvgIpc) is 2.86. The minimum atomic E-state index is 0.00316. The molecule has 2 nitrogen and oxygen atoms in total. The van der Waals surface area contributed by atoms with Crippen molar-refractivity contribution in [2.24, 2.45) is 5.92 Å². The maximum absolute atomic E-state index is 12.0.